The van der Waals surface area contributed by atoms with Gasteiger partial charge >= 0.3 is 65.7 Å². The Morgan fingerprint density at radius 3 is 1.20 bits per heavy atom. The van der Waals surface area contributed by atoms with Crippen LogP contribution in [-0.2, 0) is 124 Å². The topological polar surface area (TPSA) is 394 Å². The summed E-state index contributed by atoms with van der Waals surface area (Å²) < 4.78 is 108. The summed E-state index contributed by atoms with van der Waals surface area (Å²) in [5, 5.41) is 24.6. The molecule has 4 saturated heterocycles. The van der Waals surface area contributed by atoms with Crippen LogP contribution in [-0.4, -0.2) is 230 Å². The highest BCUT2D eigenvalue weighted by Crippen LogP contribution is 2.42. The van der Waals surface area contributed by atoms with Crippen LogP contribution in [0.4, 0.5) is 0 Å². The first kappa shape index (κ1) is 74.2. The zero-order chi connectivity index (χ0) is 69.4. The Balaban J connectivity index is 1.42. The molecule has 31 nitrogen and oxygen atoms in total. The zero-order valence-electron chi connectivity index (χ0n) is 53.0. The van der Waals surface area contributed by atoms with Crippen molar-refractivity contribution in [3.63, 3.8) is 0 Å². The minimum atomic E-state index is -2.43. The molecule has 518 valence electrons. The fourth-order valence-corrected chi connectivity index (χ4v) is 11.5. The quantitative estimate of drug-likeness (QED) is 0.0906. The molecule has 0 bridgehead atoms. The maximum absolute atomic E-state index is 14.5. The number of carbonyl (C=O) groups excluding carboxylic acids is 11. The Hall–Kier alpha value is -8.18. The molecule has 4 aliphatic heterocycles. The molecule has 7 rings (SSSR count). The lowest BCUT2D eigenvalue weighted by Crippen LogP contribution is -2.69. The second kappa shape index (κ2) is 34.5. The van der Waals surface area contributed by atoms with Gasteiger partial charge in [-0.3, -0.25) is 33.6 Å². The largest absolute Gasteiger partial charge is 0.467 e. The van der Waals surface area contributed by atoms with Crippen LogP contribution >= 0.6 is 11.8 Å². The van der Waals surface area contributed by atoms with Crippen LogP contribution in [0, 0.1) is 0 Å². The van der Waals surface area contributed by atoms with Gasteiger partial charge in [0.05, 0.1) is 23.8 Å². The van der Waals surface area contributed by atoms with Crippen LogP contribution in [0.25, 0.3) is 0 Å². The number of methoxy groups -OCH3 is 1. The van der Waals surface area contributed by atoms with E-state index in [1.165, 1.54) is 72.8 Å². The Bertz CT molecular complexity index is 3150. The van der Waals surface area contributed by atoms with Crippen LogP contribution < -0.4 is 0 Å². The minimum absolute atomic E-state index is 0.0794. The molecule has 4 fully saturated rings. The van der Waals surface area contributed by atoms with Crippen molar-refractivity contribution in [2.24, 2.45) is 0 Å². The van der Waals surface area contributed by atoms with Crippen LogP contribution in [0.1, 0.15) is 93.4 Å². The van der Waals surface area contributed by atoms with Crippen LogP contribution in [0.2, 0.25) is 0 Å². The third kappa shape index (κ3) is 20.2. The predicted molar refractivity (Wildman–Crippen MR) is 315 cm³/mol. The molecule has 0 radical (unpaired) electrons. The second-order valence-electron chi connectivity index (χ2n) is 22.0. The van der Waals surface area contributed by atoms with Crippen LogP contribution in [0.3, 0.4) is 0 Å². The Kier molecular flexibility index (Phi) is 26.9. The number of esters is 11. The molecule has 3 aromatic rings. The highest BCUT2D eigenvalue weighted by molar-refractivity contribution is 8.00. The van der Waals surface area contributed by atoms with E-state index < -0.39 is 213 Å². The lowest BCUT2D eigenvalue weighted by Gasteiger charge is -2.51. The van der Waals surface area contributed by atoms with Gasteiger partial charge in [-0.1, -0.05) is 68.4 Å². The normalized spacial score (nSPS) is 30.4. The van der Waals surface area contributed by atoms with E-state index in [0.29, 0.717) is 0 Å². The number of benzene rings is 3. The summed E-state index contributed by atoms with van der Waals surface area (Å²) in [5.41, 5.74) is -1.74. The Labute approximate surface area is 547 Å². The molecule has 0 unspecified atom stereocenters. The van der Waals surface area contributed by atoms with E-state index in [-0.39, 0.29) is 16.7 Å². The van der Waals surface area contributed by atoms with Gasteiger partial charge in [0, 0.05) is 53.7 Å². The van der Waals surface area contributed by atoms with Crippen molar-refractivity contribution in [1.29, 1.82) is 0 Å². The Morgan fingerprint density at radius 1 is 0.389 bits per heavy atom. The van der Waals surface area contributed by atoms with Crippen LogP contribution in [0.5, 0.6) is 0 Å². The van der Waals surface area contributed by atoms with Crippen molar-refractivity contribution >= 4 is 77.4 Å². The molecular formula is C63H74O31S. The molecule has 0 saturated carbocycles. The molecule has 0 amide bonds. The number of ether oxygens (including phenoxy) is 18. The number of aliphatic hydroxyl groups is 2. The molecule has 20 atom stereocenters. The molecule has 2 N–H and O–H groups in total. The van der Waals surface area contributed by atoms with E-state index in [1.807, 2.05) is 0 Å². The smallest absolute Gasteiger partial charge is 0.339 e. The minimum Gasteiger partial charge on any atom is -0.467 e. The molecule has 0 aliphatic carbocycles. The van der Waals surface area contributed by atoms with E-state index in [0.717, 1.165) is 67.3 Å². The highest BCUT2D eigenvalue weighted by atomic mass is 32.2. The number of thioether (sulfide) groups is 1. The first-order valence-electron chi connectivity index (χ1n) is 29.7. The van der Waals surface area contributed by atoms with Gasteiger partial charge in [0.15, 0.2) is 67.7 Å². The molecule has 0 aromatic heterocycles. The summed E-state index contributed by atoms with van der Waals surface area (Å²) in [6, 6.07) is 21.8. The van der Waals surface area contributed by atoms with E-state index in [1.54, 1.807) is 32.0 Å². The van der Waals surface area contributed by atoms with Gasteiger partial charge in [-0.25, -0.2) is 19.2 Å². The van der Waals surface area contributed by atoms with Gasteiger partial charge in [-0.2, -0.15) is 0 Å². The second-order valence-corrected chi connectivity index (χ2v) is 23.6. The maximum atomic E-state index is 14.5. The van der Waals surface area contributed by atoms with Crippen molar-refractivity contribution in [3.05, 3.63) is 108 Å². The summed E-state index contributed by atoms with van der Waals surface area (Å²) in [5.74, 6) is -11.4. The molecule has 0 spiro atoms. The van der Waals surface area contributed by atoms with Crippen molar-refractivity contribution in [3.8, 4) is 0 Å². The summed E-state index contributed by atoms with van der Waals surface area (Å²) in [7, 11) is 0.933. The SMILES string of the molecule is COC(=O)[C@H]1O[C@@H](O[C@@H]2[C@@H](O)[C@@H](O[C@H]3[C@H](OC(C)=O)[C@@H](COC(C)=O)O[C@@H](SC(C)C)[C@H]3O[C@@H]3O[C@H](COC(C)=O)[C@H](OC(C)=O)[C@H](O)[C@H]3OC(C)=O)O[C@H](COC(C)=O)[C@@H]2OC(C)=O)[C@H](OC(=O)c2ccccc2)[C@@H](OC(=O)c2ccccc2)[C@@H]1OC(=O)c1ccccc1. The average Bonchev–Trinajstić information content (AvgIpc) is 0.767. The molecule has 4 aliphatic rings. The third-order valence-corrected chi connectivity index (χ3v) is 15.5. The monoisotopic (exact) mass is 1360 g/mol. The first-order valence-corrected chi connectivity index (χ1v) is 30.6. The number of rotatable bonds is 25. The third-order valence-electron chi connectivity index (χ3n) is 14.3. The van der Waals surface area contributed by atoms with Gasteiger partial charge in [-0.05, 0) is 36.4 Å². The molecule has 4 heterocycles. The summed E-state index contributed by atoms with van der Waals surface area (Å²) in [6.45, 7) is 8.21. The fourth-order valence-electron chi connectivity index (χ4n) is 10.4. The van der Waals surface area contributed by atoms with E-state index in [2.05, 4.69) is 0 Å². The molecule has 32 heteroatoms. The Morgan fingerprint density at radius 2 is 0.758 bits per heavy atom. The van der Waals surface area contributed by atoms with Crippen molar-refractivity contribution in [2.75, 3.05) is 26.9 Å². The zero-order valence-corrected chi connectivity index (χ0v) is 53.9. The fraction of sp³-hybridized carbons (Fsp3) is 0.540. The molecular weight excluding hydrogens is 1280 g/mol. The van der Waals surface area contributed by atoms with Gasteiger partial charge in [0.1, 0.15) is 74.1 Å². The average molecular weight is 1360 g/mol. The van der Waals surface area contributed by atoms with Gasteiger partial charge in [0.25, 0.3) is 0 Å². The highest BCUT2D eigenvalue weighted by Gasteiger charge is 2.61. The van der Waals surface area contributed by atoms with E-state index in [4.69, 9.17) is 85.3 Å². The van der Waals surface area contributed by atoms with Gasteiger partial charge in [0.2, 0.25) is 0 Å². The summed E-state index contributed by atoms with van der Waals surface area (Å²) in [4.78, 5) is 147. The van der Waals surface area contributed by atoms with E-state index >= 15 is 0 Å². The lowest BCUT2D eigenvalue weighted by molar-refractivity contribution is -0.380. The van der Waals surface area contributed by atoms with Crippen LogP contribution in [0.15, 0.2) is 91.0 Å². The number of carbonyl (C=O) groups is 11. The number of hydrogen-bond acceptors (Lipinski definition) is 32. The maximum Gasteiger partial charge on any atom is 0.339 e. The standard InChI is InChI=1S/C63H74O31S/c1-29(2)95-63-55(94-61-49(84-36(9)70)43(71)45(81-33(6)67)40(86-61)26-78-30(3)64)50(47(83-35(8)69)42(87-63)28-80-32(5)66)92-60-44(72)48(46(82-34(7)68)41(85-60)27-79-31(4)65)91-62-54(90-58(75)39-24-18-13-19-25-39)52(89-57(74)38-22-16-12-17-23-38)51(53(93-62)59(76)77-10)88-56(73)37-20-14-11-15-21-37/h11-25,29,40-55,60-63,71-72H,26-28H2,1-10H3/t40-,41-,42-,43+,44-,45+,46+,47-,48-,49-,50+,51+,52+,53+,54-,55+,60-,61+,62-,63+/m1/s1. The van der Waals surface area contributed by atoms with E-state index in [9.17, 15) is 63.0 Å². The lowest BCUT2D eigenvalue weighted by atomic mass is 9.95. The first-order chi connectivity index (χ1) is 45.1. The predicted octanol–water partition coefficient (Wildman–Crippen LogP) is 2.17. The molecule has 3 aromatic carbocycles. The summed E-state index contributed by atoms with van der Waals surface area (Å²) >= 11 is 1.01. The number of hydrogen-bond donors (Lipinski definition) is 2. The number of aliphatic hydroxyl groups excluding tert-OH is 2. The van der Waals surface area contributed by atoms with Crippen molar-refractivity contribution in [2.45, 2.75) is 190 Å². The van der Waals surface area contributed by atoms with Gasteiger partial charge < -0.3 is 95.5 Å². The van der Waals surface area contributed by atoms with Crippen molar-refractivity contribution in [1.82, 2.24) is 0 Å². The summed E-state index contributed by atoms with van der Waals surface area (Å²) in [6.07, 6.45) is -38.1. The van der Waals surface area contributed by atoms with Gasteiger partial charge in [-0.15, -0.1) is 11.8 Å². The van der Waals surface area contributed by atoms with Crippen molar-refractivity contribution < 1.29 is 148 Å². The molecule has 95 heavy (non-hydrogen) atoms.